The molecule has 2 fully saturated rings. The zero-order valence-corrected chi connectivity index (χ0v) is 21.5. The molecule has 3 atom stereocenters. The standard InChI is InChI=1S/C31H30N2O5/c1-19-14-20(2)16-24(15-19)32-28(34)18-38-31(37)22-8-11-25(12-9-22)33-29(35)26-13-10-23(17-27(26)30(33)36)21-6-4-3-5-7-21/h3-9,11-12,14-16,23,26-27H,10,13,17-18H2,1-2H3,(H,32,34)/t23-,26-,27-/m1/s1. The fraction of sp³-hybridized carbons (Fsp3) is 0.290. The van der Waals surface area contributed by atoms with E-state index in [1.165, 1.54) is 22.6 Å². The van der Waals surface area contributed by atoms with Gasteiger partial charge in [0.15, 0.2) is 6.61 Å². The Morgan fingerprint density at radius 2 is 1.53 bits per heavy atom. The van der Waals surface area contributed by atoms with Gasteiger partial charge >= 0.3 is 5.97 Å². The monoisotopic (exact) mass is 510 g/mol. The van der Waals surface area contributed by atoms with Crippen molar-refractivity contribution in [3.8, 4) is 0 Å². The first kappa shape index (κ1) is 25.4. The van der Waals surface area contributed by atoms with Gasteiger partial charge < -0.3 is 10.1 Å². The van der Waals surface area contributed by atoms with Gasteiger partial charge in [0.1, 0.15) is 0 Å². The molecule has 0 spiro atoms. The number of fused-ring (bicyclic) bond motifs is 1. The van der Waals surface area contributed by atoms with Crippen molar-refractivity contribution in [3.05, 3.63) is 95.1 Å². The minimum Gasteiger partial charge on any atom is -0.452 e. The molecular formula is C31H30N2O5. The average Bonchev–Trinajstić information content (AvgIpc) is 3.16. The van der Waals surface area contributed by atoms with Crippen molar-refractivity contribution in [2.45, 2.75) is 39.0 Å². The second kappa shape index (κ2) is 10.6. The maximum absolute atomic E-state index is 13.3. The number of benzene rings is 3. The number of nitrogens with one attached hydrogen (secondary N) is 1. The molecule has 0 bridgehead atoms. The van der Waals surface area contributed by atoms with Gasteiger partial charge in [-0.3, -0.25) is 19.3 Å². The summed E-state index contributed by atoms with van der Waals surface area (Å²) in [4.78, 5) is 52.4. The number of carbonyl (C=O) groups is 4. The van der Waals surface area contributed by atoms with Crippen LogP contribution < -0.4 is 10.2 Å². The predicted octanol–water partition coefficient (Wildman–Crippen LogP) is 5.17. The Balaban J connectivity index is 1.20. The highest BCUT2D eigenvalue weighted by molar-refractivity contribution is 6.22. The van der Waals surface area contributed by atoms with Gasteiger partial charge in [-0.05, 0) is 92.1 Å². The third kappa shape index (κ3) is 5.23. The van der Waals surface area contributed by atoms with Gasteiger partial charge in [-0.15, -0.1) is 0 Å². The molecule has 3 aromatic rings. The fourth-order valence-corrected chi connectivity index (χ4v) is 5.67. The Morgan fingerprint density at radius 3 is 2.21 bits per heavy atom. The zero-order chi connectivity index (χ0) is 26.8. The van der Waals surface area contributed by atoms with E-state index in [-0.39, 0.29) is 35.1 Å². The van der Waals surface area contributed by atoms with Gasteiger partial charge in [0.05, 0.1) is 23.1 Å². The van der Waals surface area contributed by atoms with E-state index in [2.05, 4.69) is 17.4 Å². The van der Waals surface area contributed by atoms with Gasteiger partial charge in [0, 0.05) is 5.69 Å². The minimum atomic E-state index is -0.662. The van der Waals surface area contributed by atoms with Crippen LogP contribution in [0.15, 0.2) is 72.8 Å². The number of rotatable bonds is 6. The first-order valence-electron chi connectivity index (χ1n) is 12.9. The first-order chi connectivity index (χ1) is 18.3. The number of hydrogen-bond acceptors (Lipinski definition) is 5. The molecule has 1 saturated heterocycles. The largest absolute Gasteiger partial charge is 0.452 e. The van der Waals surface area contributed by atoms with Gasteiger partial charge in [0.25, 0.3) is 5.91 Å². The number of anilines is 2. The maximum atomic E-state index is 13.3. The number of nitrogens with zero attached hydrogens (tertiary/aromatic N) is 1. The molecule has 1 aliphatic heterocycles. The van der Waals surface area contributed by atoms with Crippen LogP contribution in [0, 0.1) is 25.7 Å². The Hall–Kier alpha value is -4.26. The molecule has 5 rings (SSSR count). The van der Waals surface area contributed by atoms with E-state index < -0.39 is 18.5 Å². The SMILES string of the molecule is Cc1cc(C)cc(NC(=O)COC(=O)c2ccc(N3C(=O)[C@@H]4CC[C@@H](c5ccccc5)C[C@H]4C3=O)cc2)c1. The summed E-state index contributed by atoms with van der Waals surface area (Å²) in [5, 5.41) is 2.73. The molecule has 1 saturated carbocycles. The average molecular weight is 511 g/mol. The van der Waals surface area contributed by atoms with Crippen molar-refractivity contribution in [2.75, 3.05) is 16.8 Å². The smallest absolute Gasteiger partial charge is 0.338 e. The lowest BCUT2D eigenvalue weighted by Gasteiger charge is -2.28. The number of amides is 3. The quantitative estimate of drug-likeness (QED) is 0.365. The Labute approximate surface area is 221 Å². The number of carbonyl (C=O) groups excluding carboxylic acids is 4. The molecule has 0 unspecified atom stereocenters. The first-order valence-corrected chi connectivity index (χ1v) is 12.9. The van der Waals surface area contributed by atoms with Crippen LogP contribution in [-0.2, 0) is 19.1 Å². The number of aryl methyl sites for hydroxylation is 2. The molecule has 1 heterocycles. The second-order valence-corrected chi connectivity index (χ2v) is 10.2. The van der Waals surface area contributed by atoms with E-state index in [0.717, 1.165) is 17.5 Å². The van der Waals surface area contributed by atoms with E-state index in [1.54, 1.807) is 12.1 Å². The van der Waals surface area contributed by atoms with Crippen molar-refractivity contribution < 1.29 is 23.9 Å². The van der Waals surface area contributed by atoms with Crippen LogP contribution in [0.4, 0.5) is 11.4 Å². The Morgan fingerprint density at radius 1 is 0.868 bits per heavy atom. The van der Waals surface area contributed by atoms with E-state index in [9.17, 15) is 19.2 Å². The summed E-state index contributed by atoms with van der Waals surface area (Å²) >= 11 is 0. The number of imide groups is 1. The summed E-state index contributed by atoms with van der Waals surface area (Å²) < 4.78 is 5.16. The van der Waals surface area contributed by atoms with E-state index >= 15 is 0 Å². The predicted molar refractivity (Wildman–Crippen MR) is 144 cm³/mol. The van der Waals surface area contributed by atoms with Crippen LogP contribution in [0.2, 0.25) is 0 Å². The highest BCUT2D eigenvalue weighted by Gasteiger charge is 2.50. The summed E-state index contributed by atoms with van der Waals surface area (Å²) in [6.07, 6.45) is 2.21. The summed E-state index contributed by atoms with van der Waals surface area (Å²) in [6, 6.07) is 22.0. The molecule has 0 radical (unpaired) electrons. The zero-order valence-electron chi connectivity index (χ0n) is 21.5. The highest BCUT2D eigenvalue weighted by atomic mass is 16.5. The molecule has 1 N–H and O–H groups in total. The molecular weight excluding hydrogens is 480 g/mol. The van der Waals surface area contributed by atoms with E-state index in [1.807, 2.05) is 50.2 Å². The van der Waals surface area contributed by atoms with Crippen LogP contribution in [0.5, 0.6) is 0 Å². The van der Waals surface area contributed by atoms with Crippen LogP contribution in [0.25, 0.3) is 0 Å². The van der Waals surface area contributed by atoms with Crippen molar-refractivity contribution in [3.63, 3.8) is 0 Å². The normalized spacial score (nSPS) is 20.7. The van der Waals surface area contributed by atoms with E-state index in [0.29, 0.717) is 24.2 Å². The highest BCUT2D eigenvalue weighted by Crippen LogP contribution is 2.45. The molecule has 3 amide bonds. The molecule has 194 valence electrons. The molecule has 2 aliphatic rings. The van der Waals surface area contributed by atoms with Crippen LogP contribution in [-0.4, -0.2) is 30.3 Å². The van der Waals surface area contributed by atoms with Crippen molar-refractivity contribution >= 4 is 35.1 Å². The Bertz CT molecular complexity index is 1360. The van der Waals surface area contributed by atoms with Gasteiger partial charge in [-0.25, -0.2) is 4.79 Å². The third-order valence-electron chi connectivity index (χ3n) is 7.40. The van der Waals surface area contributed by atoms with Gasteiger partial charge in [0.2, 0.25) is 11.8 Å². The van der Waals surface area contributed by atoms with Gasteiger partial charge in [-0.2, -0.15) is 0 Å². The summed E-state index contributed by atoms with van der Waals surface area (Å²) in [6.45, 7) is 3.44. The van der Waals surface area contributed by atoms with Gasteiger partial charge in [-0.1, -0.05) is 36.4 Å². The van der Waals surface area contributed by atoms with E-state index in [4.69, 9.17) is 4.74 Å². The number of esters is 1. The lowest BCUT2D eigenvalue weighted by molar-refractivity contribution is -0.122. The summed E-state index contributed by atoms with van der Waals surface area (Å²) in [7, 11) is 0. The van der Waals surface area contributed by atoms with Crippen LogP contribution in [0.1, 0.15) is 52.2 Å². The number of hydrogen-bond donors (Lipinski definition) is 1. The molecule has 0 aromatic heterocycles. The summed E-state index contributed by atoms with van der Waals surface area (Å²) in [5.74, 6) is -1.83. The Kier molecular flexibility index (Phi) is 7.09. The van der Waals surface area contributed by atoms with Crippen molar-refractivity contribution in [1.82, 2.24) is 0 Å². The summed E-state index contributed by atoms with van der Waals surface area (Å²) in [5.41, 5.74) is 4.55. The lowest BCUT2D eigenvalue weighted by atomic mass is 9.73. The molecule has 3 aromatic carbocycles. The lowest BCUT2D eigenvalue weighted by Crippen LogP contribution is -2.30. The topological polar surface area (TPSA) is 92.8 Å². The van der Waals surface area contributed by atoms with Crippen LogP contribution in [0.3, 0.4) is 0 Å². The molecule has 7 heteroatoms. The fourth-order valence-electron chi connectivity index (χ4n) is 5.67. The third-order valence-corrected chi connectivity index (χ3v) is 7.40. The minimum absolute atomic E-state index is 0.176. The van der Waals surface area contributed by atoms with Crippen molar-refractivity contribution in [2.24, 2.45) is 11.8 Å². The molecule has 38 heavy (non-hydrogen) atoms. The van der Waals surface area contributed by atoms with Crippen LogP contribution >= 0.6 is 0 Å². The number of ether oxygens (including phenoxy) is 1. The maximum Gasteiger partial charge on any atom is 0.338 e. The molecule has 7 nitrogen and oxygen atoms in total. The second-order valence-electron chi connectivity index (χ2n) is 10.2. The molecule has 1 aliphatic carbocycles. The van der Waals surface area contributed by atoms with Crippen molar-refractivity contribution in [1.29, 1.82) is 0 Å².